The van der Waals surface area contributed by atoms with E-state index in [1.807, 2.05) is 7.11 Å². The fraction of sp³-hybridized carbons (Fsp3) is 0.579. The molecule has 23 heavy (non-hydrogen) atoms. The second kappa shape index (κ2) is 4.99. The van der Waals surface area contributed by atoms with Gasteiger partial charge in [-0.25, -0.2) is 0 Å². The van der Waals surface area contributed by atoms with Crippen LogP contribution in [-0.4, -0.2) is 49.8 Å². The molecule has 0 radical (unpaired) electrons. The molecular weight excluding hydrogens is 288 g/mol. The molecule has 2 fully saturated rings. The quantitative estimate of drug-likeness (QED) is 0.947. The van der Waals surface area contributed by atoms with Crippen molar-refractivity contribution in [2.24, 2.45) is 11.8 Å². The number of nitrogens with zero attached hydrogens (tertiary/aromatic N) is 1. The van der Waals surface area contributed by atoms with Crippen LogP contribution < -0.4 is 4.74 Å². The number of aromatic amines is 1. The number of nitrogens with one attached hydrogen (secondary N) is 1. The Kier molecular flexibility index (Phi) is 3.01. The van der Waals surface area contributed by atoms with E-state index in [1.54, 1.807) is 7.11 Å². The molecule has 1 aromatic carbocycles. The van der Waals surface area contributed by atoms with Crippen LogP contribution in [0.2, 0.25) is 0 Å². The lowest BCUT2D eigenvalue weighted by atomic mass is 9.93. The van der Waals surface area contributed by atoms with Crippen molar-refractivity contribution in [3.05, 3.63) is 29.5 Å². The summed E-state index contributed by atoms with van der Waals surface area (Å²) < 4.78 is 11.0. The Balaban J connectivity index is 1.62. The smallest absolute Gasteiger partial charge is 0.119 e. The Morgan fingerprint density at radius 3 is 3.04 bits per heavy atom. The van der Waals surface area contributed by atoms with Crippen molar-refractivity contribution in [3.8, 4) is 5.75 Å². The summed E-state index contributed by atoms with van der Waals surface area (Å²) in [5.41, 5.74) is 4.27. The van der Waals surface area contributed by atoms with Crippen LogP contribution in [0.25, 0.3) is 10.9 Å². The lowest BCUT2D eigenvalue weighted by molar-refractivity contribution is 0.125. The fourth-order valence-electron chi connectivity index (χ4n) is 5.55. The molecule has 1 saturated carbocycles. The number of benzene rings is 1. The highest BCUT2D eigenvalue weighted by molar-refractivity contribution is 5.86. The number of hydrogen-bond acceptors (Lipinski definition) is 3. The van der Waals surface area contributed by atoms with Crippen molar-refractivity contribution in [2.45, 2.75) is 24.8 Å². The van der Waals surface area contributed by atoms with Gasteiger partial charge in [-0.1, -0.05) is 0 Å². The first-order valence-corrected chi connectivity index (χ1v) is 8.71. The molecule has 122 valence electrons. The molecule has 1 aromatic heterocycles. The molecule has 4 heteroatoms. The van der Waals surface area contributed by atoms with Crippen molar-refractivity contribution in [1.29, 1.82) is 0 Å². The summed E-state index contributed by atoms with van der Waals surface area (Å²) in [6.45, 7) is 3.35. The molecule has 4 nitrogen and oxygen atoms in total. The SMILES string of the molecule is COC[C@@H]1[C@@H]2C[C@H]3c4[nH]c5ccc(OC)cc5c4CCN(C2)[C@@H]13. The largest absolute Gasteiger partial charge is 0.497 e. The molecule has 1 aliphatic carbocycles. The minimum Gasteiger partial charge on any atom is -0.497 e. The minimum absolute atomic E-state index is 0.643. The number of fused-ring (bicyclic) bond motifs is 5. The van der Waals surface area contributed by atoms with Crippen molar-refractivity contribution in [3.63, 3.8) is 0 Å². The van der Waals surface area contributed by atoms with Crippen LogP contribution in [0.5, 0.6) is 5.75 Å². The first-order chi connectivity index (χ1) is 11.3. The standard InChI is InChI=1S/C19H24N2O2/c1-22-10-16-11-7-15-18-13(5-6-21(9-11)19(15)16)14-8-12(23-2)3-4-17(14)20-18/h3-4,8,11,15-16,19-20H,5-7,9-10H2,1-2H3/t11-,15+,16-,19-/m1/s1. The Morgan fingerprint density at radius 1 is 1.30 bits per heavy atom. The van der Waals surface area contributed by atoms with E-state index in [4.69, 9.17) is 9.47 Å². The van der Waals surface area contributed by atoms with Crippen molar-refractivity contribution >= 4 is 10.9 Å². The zero-order chi connectivity index (χ0) is 15.6. The van der Waals surface area contributed by atoms with Gasteiger partial charge >= 0.3 is 0 Å². The molecule has 3 aliphatic rings. The summed E-state index contributed by atoms with van der Waals surface area (Å²) in [6.07, 6.45) is 2.45. The number of piperidine rings is 1. The summed E-state index contributed by atoms with van der Waals surface area (Å²) in [5.74, 6) is 3.10. The second-order valence-electron chi connectivity index (χ2n) is 7.39. The minimum atomic E-state index is 0.643. The van der Waals surface area contributed by atoms with E-state index in [0.717, 1.165) is 24.7 Å². The first-order valence-electron chi connectivity index (χ1n) is 8.71. The van der Waals surface area contributed by atoms with Gasteiger partial charge < -0.3 is 14.5 Å². The number of rotatable bonds is 3. The molecule has 5 rings (SSSR count). The van der Waals surface area contributed by atoms with Crippen molar-refractivity contribution < 1.29 is 9.47 Å². The summed E-state index contributed by atoms with van der Waals surface area (Å²) in [5, 5.41) is 1.36. The lowest BCUT2D eigenvalue weighted by Gasteiger charge is -2.31. The Morgan fingerprint density at radius 2 is 2.22 bits per heavy atom. The molecular formula is C19H24N2O2. The summed E-state index contributed by atoms with van der Waals surface area (Å²) in [7, 11) is 3.59. The average molecular weight is 312 g/mol. The summed E-state index contributed by atoms with van der Waals surface area (Å²) in [6, 6.07) is 7.09. The van der Waals surface area contributed by atoms with Gasteiger partial charge in [0.05, 0.1) is 13.7 Å². The molecule has 2 bridgehead atoms. The summed E-state index contributed by atoms with van der Waals surface area (Å²) in [4.78, 5) is 6.48. The molecule has 2 aromatic rings. The molecule has 0 amide bonds. The van der Waals surface area contributed by atoms with Crippen molar-refractivity contribution in [1.82, 2.24) is 9.88 Å². The lowest BCUT2D eigenvalue weighted by Crippen LogP contribution is -2.38. The summed E-state index contributed by atoms with van der Waals surface area (Å²) >= 11 is 0. The van der Waals surface area contributed by atoms with Gasteiger partial charge in [0, 0.05) is 54.7 Å². The van der Waals surface area contributed by atoms with Crippen LogP contribution in [0, 0.1) is 11.8 Å². The third kappa shape index (κ3) is 1.85. The number of methoxy groups -OCH3 is 2. The van der Waals surface area contributed by atoms with Gasteiger partial charge in [-0.15, -0.1) is 0 Å². The van der Waals surface area contributed by atoms with Gasteiger partial charge in [-0.2, -0.15) is 0 Å². The Bertz CT molecular complexity index is 753. The molecule has 1 saturated heterocycles. The molecule has 2 aliphatic heterocycles. The number of aromatic nitrogens is 1. The molecule has 0 unspecified atom stereocenters. The fourth-order valence-corrected chi connectivity index (χ4v) is 5.55. The number of H-pyrrole nitrogens is 1. The average Bonchev–Trinajstić information content (AvgIpc) is 3.19. The van der Waals surface area contributed by atoms with Gasteiger partial charge in [0.25, 0.3) is 0 Å². The van der Waals surface area contributed by atoms with E-state index in [1.165, 1.54) is 41.7 Å². The van der Waals surface area contributed by atoms with Gasteiger partial charge in [-0.05, 0) is 42.5 Å². The van der Waals surface area contributed by atoms with Crippen LogP contribution in [-0.2, 0) is 11.2 Å². The van der Waals surface area contributed by atoms with Crippen LogP contribution in [0.4, 0.5) is 0 Å². The molecule has 0 spiro atoms. The van der Waals surface area contributed by atoms with E-state index in [2.05, 4.69) is 28.1 Å². The van der Waals surface area contributed by atoms with Crippen LogP contribution in [0.1, 0.15) is 23.6 Å². The highest BCUT2D eigenvalue weighted by Gasteiger charge is 2.54. The van der Waals surface area contributed by atoms with Gasteiger partial charge in [-0.3, -0.25) is 4.90 Å². The number of ether oxygens (including phenoxy) is 2. The maximum absolute atomic E-state index is 5.54. The van der Waals surface area contributed by atoms with Crippen LogP contribution in [0.3, 0.4) is 0 Å². The van der Waals surface area contributed by atoms with E-state index < -0.39 is 0 Å². The third-order valence-corrected chi connectivity index (χ3v) is 6.43. The van der Waals surface area contributed by atoms with E-state index >= 15 is 0 Å². The highest BCUT2D eigenvalue weighted by Crippen LogP contribution is 2.53. The van der Waals surface area contributed by atoms with Gasteiger partial charge in [0.2, 0.25) is 0 Å². The molecule has 3 heterocycles. The zero-order valence-electron chi connectivity index (χ0n) is 13.8. The molecule has 4 atom stereocenters. The molecule has 1 N–H and O–H groups in total. The second-order valence-corrected chi connectivity index (χ2v) is 7.39. The predicted molar refractivity (Wildman–Crippen MR) is 90.1 cm³/mol. The van der Waals surface area contributed by atoms with E-state index in [0.29, 0.717) is 17.9 Å². The highest BCUT2D eigenvalue weighted by atomic mass is 16.5. The van der Waals surface area contributed by atoms with Crippen molar-refractivity contribution in [2.75, 3.05) is 33.9 Å². The Hall–Kier alpha value is -1.52. The monoisotopic (exact) mass is 312 g/mol. The van der Waals surface area contributed by atoms with Crippen LogP contribution in [0.15, 0.2) is 18.2 Å². The van der Waals surface area contributed by atoms with Crippen LogP contribution >= 0.6 is 0 Å². The topological polar surface area (TPSA) is 37.5 Å². The normalized spacial score (nSPS) is 32.3. The third-order valence-electron chi connectivity index (χ3n) is 6.43. The number of hydrogen-bond donors (Lipinski definition) is 1. The zero-order valence-corrected chi connectivity index (χ0v) is 13.8. The maximum Gasteiger partial charge on any atom is 0.119 e. The maximum atomic E-state index is 5.54. The van der Waals surface area contributed by atoms with Gasteiger partial charge in [0.15, 0.2) is 0 Å². The first kappa shape index (κ1) is 13.9. The van der Waals surface area contributed by atoms with E-state index in [-0.39, 0.29) is 0 Å². The predicted octanol–water partition coefficient (Wildman–Crippen LogP) is 2.78. The van der Waals surface area contributed by atoms with E-state index in [9.17, 15) is 0 Å². The Labute approximate surface area is 136 Å². The van der Waals surface area contributed by atoms with Gasteiger partial charge in [0.1, 0.15) is 5.75 Å².